The number of pyridine rings is 1. The van der Waals surface area contributed by atoms with Crippen molar-refractivity contribution in [3.05, 3.63) is 30.8 Å². The van der Waals surface area contributed by atoms with E-state index in [0.29, 0.717) is 5.88 Å². The van der Waals surface area contributed by atoms with Gasteiger partial charge in [0.05, 0.1) is 6.10 Å². The Kier molecular flexibility index (Phi) is 3.09. The highest BCUT2D eigenvalue weighted by atomic mass is 16.5. The average molecular weight is 164 g/mol. The molecule has 0 spiro atoms. The zero-order valence-corrected chi connectivity index (χ0v) is 7.58. The minimum Gasteiger partial charge on any atom is -0.475 e. The van der Waals surface area contributed by atoms with Gasteiger partial charge in [0.1, 0.15) is 0 Å². The third-order valence-electron chi connectivity index (χ3n) is 1.44. The summed E-state index contributed by atoms with van der Waals surface area (Å²) in [4.78, 5) is 4.13. The van der Waals surface area contributed by atoms with Crippen LogP contribution in [0.4, 0.5) is 0 Å². The molecule has 0 atom stereocenters. The van der Waals surface area contributed by atoms with E-state index >= 15 is 0 Å². The first-order valence-electron chi connectivity index (χ1n) is 4.13. The molecule has 0 aromatic carbocycles. The molecular formula is C10H14NO. The van der Waals surface area contributed by atoms with Crippen LogP contribution >= 0.6 is 0 Å². The van der Waals surface area contributed by atoms with Gasteiger partial charge in [-0.25, -0.2) is 4.98 Å². The van der Waals surface area contributed by atoms with E-state index in [1.54, 1.807) is 6.20 Å². The molecule has 0 amide bonds. The highest BCUT2D eigenvalue weighted by molar-refractivity contribution is 5.18. The van der Waals surface area contributed by atoms with Crippen LogP contribution in [-0.4, -0.2) is 11.1 Å². The van der Waals surface area contributed by atoms with Gasteiger partial charge in [0.25, 0.3) is 0 Å². The van der Waals surface area contributed by atoms with Gasteiger partial charge in [-0.15, -0.1) is 0 Å². The summed E-state index contributed by atoms with van der Waals surface area (Å²) in [6.07, 6.45) is 2.75. The van der Waals surface area contributed by atoms with Gasteiger partial charge in [0.2, 0.25) is 5.88 Å². The summed E-state index contributed by atoms with van der Waals surface area (Å²) >= 11 is 0. The Morgan fingerprint density at radius 3 is 2.67 bits per heavy atom. The molecule has 12 heavy (non-hydrogen) atoms. The number of rotatable bonds is 3. The largest absolute Gasteiger partial charge is 0.475 e. The smallest absolute Gasteiger partial charge is 0.213 e. The molecule has 0 aliphatic heterocycles. The molecule has 0 bridgehead atoms. The Balaban J connectivity index is 2.65. The maximum atomic E-state index is 5.38. The minimum absolute atomic E-state index is 0.183. The molecule has 1 heterocycles. The van der Waals surface area contributed by atoms with Crippen molar-refractivity contribution >= 4 is 0 Å². The molecule has 0 saturated carbocycles. The fourth-order valence-corrected chi connectivity index (χ4v) is 0.870. The fraction of sp³-hybridized carbons (Fsp3) is 0.400. The number of aromatic nitrogens is 1. The summed E-state index contributed by atoms with van der Waals surface area (Å²) in [5.74, 6) is 0.683. The lowest BCUT2D eigenvalue weighted by molar-refractivity contribution is 0.232. The van der Waals surface area contributed by atoms with Gasteiger partial charge in [-0.05, 0) is 32.8 Å². The maximum absolute atomic E-state index is 5.38. The van der Waals surface area contributed by atoms with Gasteiger partial charge in [0, 0.05) is 12.3 Å². The van der Waals surface area contributed by atoms with E-state index < -0.39 is 0 Å². The van der Waals surface area contributed by atoms with Crippen LogP contribution in [-0.2, 0) is 6.42 Å². The normalized spacial score (nSPS) is 10.3. The summed E-state index contributed by atoms with van der Waals surface area (Å²) < 4.78 is 5.38. The van der Waals surface area contributed by atoms with Gasteiger partial charge in [0.15, 0.2) is 0 Å². The Hall–Kier alpha value is -1.05. The third kappa shape index (κ3) is 2.53. The SMILES string of the molecule is [CH2]Cc1ccc(OC(C)C)nc1. The molecule has 2 heteroatoms. The van der Waals surface area contributed by atoms with Gasteiger partial charge >= 0.3 is 0 Å². The van der Waals surface area contributed by atoms with Crippen LogP contribution in [0.15, 0.2) is 18.3 Å². The van der Waals surface area contributed by atoms with Crippen molar-refractivity contribution in [1.29, 1.82) is 0 Å². The maximum Gasteiger partial charge on any atom is 0.213 e. The van der Waals surface area contributed by atoms with Crippen LogP contribution in [0.25, 0.3) is 0 Å². The molecule has 1 aromatic heterocycles. The zero-order chi connectivity index (χ0) is 8.97. The predicted molar refractivity (Wildman–Crippen MR) is 49.1 cm³/mol. The summed E-state index contributed by atoms with van der Waals surface area (Å²) in [5, 5.41) is 0. The van der Waals surface area contributed by atoms with Crippen molar-refractivity contribution in [1.82, 2.24) is 4.98 Å². The molecule has 0 unspecified atom stereocenters. The second-order valence-corrected chi connectivity index (χ2v) is 2.92. The fourth-order valence-electron chi connectivity index (χ4n) is 0.870. The number of ether oxygens (including phenoxy) is 1. The van der Waals surface area contributed by atoms with E-state index in [9.17, 15) is 0 Å². The Morgan fingerprint density at radius 1 is 1.50 bits per heavy atom. The van der Waals surface area contributed by atoms with E-state index in [-0.39, 0.29) is 6.10 Å². The van der Waals surface area contributed by atoms with Crippen LogP contribution < -0.4 is 4.74 Å². The first kappa shape index (κ1) is 9.04. The predicted octanol–water partition coefficient (Wildman–Crippen LogP) is 2.25. The van der Waals surface area contributed by atoms with Gasteiger partial charge in [-0.3, -0.25) is 0 Å². The average Bonchev–Trinajstić information content (AvgIpc) is 2.05. The second-order valence-electron chi connectivity index (χ2n) is 2.92. The molecule has 2 nitrogen and oxygen atoms in total. The summed E-state index contributed by atoms with van der Waals surface area (Å²) in [6, 6.07) is 3.86. The van der Waals surface area contributed by atoms with Crippen LogP contribution in [0.2, 0.25) is 0 Å². The van der Waals surface area contributed by atoms with Crippen molar-refractivity contribution in [2.24, 2.45) is 0 Å². The lowest BCUT2D eigenvalue weighted by Crippen LogP contribution is -2.06. The lowest BCUT2D eigenvalue weighted by atomic mass is 10.2. The van der Waals surface area contributed by atoms with Crippen molar-refractivity contribution in [2.45, 2.75) is 26.4 Å². The molecule has 1 aromatic rings. The minimum atomic E-state index is 0.183. The molecule has 0 aliphatic rings. The van der Waals surface area contributed by atoms with Gasteiger partial charge < -0.3 is 4.74 Å². The molecule has 1 radical (unpaired) electrons. The molecule has 1 rings (SSSR count). The summed E-state index contributed by atoms with van der Waals surface area (Å²) in [7, 11) is 0. The number of hydrogen-bond acceptors (Lipinski definition) is 2. The first-order chi connectivity index (χ1) is 5.72. The first-order valence-corrected chi connectivity index (χ1v) is 4.13. The summed E-state index contributed by atoms with van der Waals surface area (Å²) in [5.41, 5.74) is 1.13. The van der Waals surface area contributed by atoms with Crippen LogP contribution in [0.3, 0.4) is 0 Å². The number of hydrogen-bond donors (Lipinski definition) is 0. The standard InChI is InChI=1S/C10H14NO/c1-4-9-5-6-10(11-7-9)12-8(2)3/h5-8H,1,4H2,2-3H3. The van der Waals surface area contributed by atoms with Gasteiger partial charge in [-0.1, -0.05) is 6.07 Å². The van der Waals surface area contributed by atoms with E-state index in [0.717, 1.165) is 12.0 Å². The Morgan fingerprint density at radius 2 is 2.25 bits per heavy atom. The van der Waals surface area contributed by atoms with Crippen molar-refractivity contribution < 1.29 is 4.74 Å². The molecule has 0 saturated heterocycles. The second kappa shape index (κ2) is 4.10. The van der Waals surface area contributed by atoms with E-state index in [1.165, 1.54) is 0 Å². The Labute approximate surface area is 73.6 Å². The molecular weight excluding hydrogens is 150 g/mol. The summed E-state index contributed by atoms with van der Waals surface area (Å²) in [6.45, 7) is 7.73. The molecule has 0 aliphatic carbocycles. The quantitative estimate of drug-likeness (QED) is 0.683. The van der Waals surface area contributed by atoms with Crippen LogP contribution in [0.1, 0.15) is 19.4 Å². The molecule has 0 N–H and O–H groups in total. The highest BCUT2D eigenvalue weighted by Gasteiger charge is 1.97. The number of nitrogens with zero attached hydrogens (tertiary/aromatic N) is 1. The van der Waals surface area contributed by atoms with E-state index in [4.69, 9.17) is 4.74 Å². The van der Waals surface area contributed by atoms with Gasteiger partial charge in [-0.2, -0.15) is 0 Å². The Bertz CT molecular complexity index is 228. The zero-order valence-electron chi connectivity index (χ0n) is 7.58. The van der Waals surface area contributed by atoms with Crippen molar-refractivity contribution in [3.63, 3.8) is 0 Å². The van der Waals surface area contributed by atoms with Crippen LogP contribution in [0, 0.1) is 6.92 Å². The van der Waals surface area contributed by atoms with Crippen molar-refractivity contribution in [2.75, 3.05) is 0 Å². The molecule has 0 fully saturated rings. The molecule has 65 valence electrons. The third-order valence-corrected chi connectivity index (χ3v) is 1.44. The highest BCUT2D eigenvalue weighted by Crippen LogP contribution is 2.09. The topological polar surface area (TPSA) is 22.1 Å². The van der Waals surface area contributed by atoms with E-state index in [1.807, 2.05) is 26.0 Å². The van der Waals surface area contributed by atoms with E-state index in [2.05, 4.69) is 11.9 Å². The lowest BCUT2D eigenvalue weighted by Gasteiger charge is -2.07. The monoisotopic (exact) mass is 164 g/mol. The van der Waals surface area contributed by atoms with Crippen molar-refractivity contribution in [3.8, 4) is 5.88 Å². The van der Waals surface area contributed by atoms with Crippen LogP contribution in [0.5, 0.6) is 5.88 Å².